The SMILES string of the molecule is Cc1cccc(C)c1-c1cc2nc(n1)NS(=O)(=O)c1cccc(c1)C(=O)N(Cc1cnc3cc(C(C)C)[nH]c3n1)[C@H](CC(C)(C)C)CO2. The van der Waals surface area contributed by atoms with E-state index in [-0.39, 0.29) is 52.7 Å². The van der Waals surface area contributed by atoms with Crippen LogP contribution in [0.3, 0.4) is 0 Å². The zero-order valence-electron chi connectivity index (χ0n) is 28.3. The number of aryl methyl sites for hydroxylation is 2. The quantitative estimate of drug-likeness (QED) is 0.209. The summed E-state index contributed by atoms with van der Waals surface area (Å²) in [7, 11) is -4.18. The highest BCUT2D eigenvalue weighted by molar-refractivity contribution is 7.92. The van der Waals surface area contributed by atoms with E-state index < -0.39 is 16.1 Å². The van der Waals surface area contributed by atoms with Gasteiger partial charge in [-0.15, -0.1) is 0 Å². The van der Waals surface area contributed by atoms with Crippen LogP contribution in [0.2, 0.25) is 0 Å². The van der Waals surface area contributed by atoms with Gasteiger partial charge in [-0.05, 0) is 67.0 Å². The van der Waals surface area contributed by atoms with E-state index in [1.807, 2.05) is 38.1 Å². The molecule has 1 aliphatic rings. The second-order valence-electron chi connectivity index (χ2n) is 14.0. The molecule has 5 aromatic rings. The van der Waals surface area contributed by atoms with Crippen molar-refractivity contribution in [2.24, 2.45) is 5.41 Å². The standard InChI is InChI=1S/C36H41N7O4S/c1-21(2)28-15-30-33(39-28)38-25(18-37-30)19-43-26(17-36(5,6)7)20-47-31-16-29(32-22(3)10-8-11-23(32)4)40-35(41-31)42-48(45,46)27-13-9-12-24(14-27)34(43)44/h8-16,18,21,26H,17,19-20H2,1-7H3,(H,38,39)(H,40,41,42)/t26-/m1/s1. The highest BCUT2D eigenvalue weighted by atomic mass is 32.2. The molecule has 2 aromatic carbocycles. The van der Waals surface area contributed by atoms with Crippen LogP contribution in [0.1, 0.15) is 79.8 Å². The molecule has 48 heavy (non-hydrogen) atoms. The molecule has 4 heterocycles. The molecule has 250 valence electrons. The summed E-state index contributed by atoms with van der Waals surface area (Å²) in [5, 5.41) is 0. The number of hydrogen-bond donors (Lipinski definition) is 2. The van der Waals surface area contributed by atoms with Gasteiger partial charge in [0.1, 0.15) is 12.1 Å². The molecule has 1 atom stereocenters. The van der Waals surface area contributed by atoms with Gasteiger partial charge in [0.05, 0.1) is 35.1 Å². The van der Waals surface area contributed by atoms with Crippen LogP contribution in [0.15, 0.2) is 65.7 Å². The molecule has 0 radical (unpaired) electrons. The number of ether oxygens (including phenoxy) is 1. The summed E-state index contributed by atoms with van der Waals surface area (Å²) < 4.78 is 36.3. The normalized spacial score (nSPS) is 16.5. The van der Waals surface area contributed by atoms with Gasteiger partial charge in [0, 0.05) is 22.9 Å². The number of benzene rings is 2. The lowest BCUT2D eigenvalue weighted by Gasteiger charge is -2.35. The molecule has 12 heteroatoms. The maximum atomic E-state index is 14.5. The van der Waals surface area contributed by atoms with Crippen molar-refractivity contribution < 1.29 is 17.9 Å². The Hall–Kier alpha value is -4.84. The highest BCUT2D eigenvalue weighted by Gasteiger charge is 2.32. The Morgan fingerprint density at radius 2 is 1.73 bits per heavy atom. The fraction of sp³-hybridized carbons (Fsp3) is 0.361. The maximum absolute atomic E-state index is 14.5. The Morgan fingerprint density at radius 3 is 2.44 bits per heavy atom. The second-order valence-corrected chi connectivity index (χ2v) is 15.6. The van der Waals surface area contributed by atoms with Gasteiger partial charge in [0.25, 0.3) is 15.9 Å². The number of aromatic nitrogens is 5. The summed E-state index contributed by atoms with van der Waals surface area (Å²) in [6, 6.07) is 15.2. The van der Waals surface area contributed by atoms with Gasteiger partial charge >= 0.3 is 0 Å². The predicted molar refractivity (Wildman–Crippen MR) is 185 cm³/mol. The van der Waals surface area contributed by atoms with Gasteiger partial charge in [-0.25, -0.2) is 23.1 Å². The zero-order valence-corrected chi connectivity index (χ0v) is 29.1. The first kappa shape index (κ1) is 33.1. The van der Waals surface area contributed by atoms with Crippen LogP contribution < -0.4 is 9.46 Å². The molecule has 6 rings (SSSR count). The highest BCUT2D eigenvalue weighted by Crippen LogP contribution is 2.32. The minimum Gasteiger partial charge on any atom is -0.475 e. The molecule has 0 unspecified atom stereocenters. The van der Waals surface area contributed by atoms with Crippen LogP contribution in [-0.2, 0) is 16.6 Å². The number of fused-ring (bicyclic) bond motifs is 5. The summed E-state index contributed by atoms with van der Waals surface area (Å²) in [4.78, 5) is 38.0. The van der Waals surface area contributed by atoms with Crippen molar-refractivity contribution in [1.82, 2.24) is 29.8 Å². The fourth-order valence-corrected chi connectivity index (χ4v) is 7.05. The molecular formula is C36H41N7O4S. The summed E-state index contributed by atoms with van der Waals surface area (Å²) >= 11 is 0. The fourth-order valence-electron chi connectivity index (χ4n) is 6.06. The number of nitrogens with one attached hydrogen (secondary N) is 2. The van der Waals surface area contributed by atoms with E-state index in [1.54, 1.807) is 29.3 Å². The Kier molecular flexibility index (Phi) is 8.71. The third kappa shape index (κ3) is 7.03. The van der Waals surface area contributed by atoms with Crippen molar-refractivity contribution in [3.63, 3.8) is 0 Å². The molecule has 0 fully saturated rings. The molecule has 2 N–H and O–H groups in total. The largest absolute Gasteiger partial charge is 0.475 e. The molecule has 0 saturated heterocycles. The molecule has 0 aliphatic carbocycles. The van der Waals surface area contributed by atoms with Crippen LogP contribution in [-0.4, -0.2) is 56.8 Å². The number of hydrogen-bond acceptors (Lipinski definition) is 8. The predicted octanol–water partition coefficient (Wildman–Crippen LogP) is 6.80. The minimum absolute atomic E-state index is 0.0859. The molecule has 3 aromatic heterocycles. The third-order valence-corrected chi connectivity index (χ3v) is 9.72. The number of rotatable bonds is 5. The van der Waals surface area contributed by atoms with Crippen molar-refractivity contribution in [3.05, 3.63) is 88.9 Å². The maximum Gasteiger partial charge on any atom is 0.264 e. The van der Waals surface area contributed by atoms with E-state index in [4.69, 9.17) is 9.72 Å². The average molecular weight is 668 g/mol. The smallest absolute Gasteiger partial charge is 0.264 e. The Bertz CT molecular complexity index is 2100. The summed E-state index contributed by atoms with van der Waals surface area (Å²) in [5.74, 6) is -0.0180. The number of aromatic amines is 1. The van der Waals surface area contributed by atoms with E-state index in [0.29, 0.717) is 23.5 Å². The monoisotopic (exact) mass is 667 g/mol. The van der Waals surface area contributed by atoms with Crippen molar-refractivity contribution in [3.8, 4) is 17.1 Å². The molecule has 4 bridgehead atoms. The van der Waals surface area contributed by atoms with Crippen molar-refractivity contribution >= 4 is 33.0 Å². The first-order valence-electron chi connectivity index (χ1n) is 16.0. The Morgan fingerprint density at radius 1 is 1.00 bits per heavy atom. The van der Waals surface area contributed by atoms with E-state index >= 15 is 0 Å². The van der Waals surface area contributed by atoms with Crippen molar-refractivity contribution in [2.75, 3.05) is 11.3 Å². The zero-order chi connectivity index (χ0) is 34.4. The van der Waals surface area contributed by atoms with Gasteiger partial charge in [-0.1, -0.05) is 58.9 Å². The van der Waals surface area contributed by atoms with Crippen LogP contribution in [0.25, 0.3) is 22.4 Å². The number of anilines is 1. The Labute approximate surface area is 281 Å². The average Bonchev–Trinajstić information content (AvgIpc) is 3.45. The van der Waals surface area contributed by atoms with Crippen molar-refractivity contribution in [1.29, 1.82) is 0 Å². The molecular weight excluding hydrogens is 627 g/mol. The summed E-state index contributed by atoms with van der Waals surface area (Å²) in [5.41, 5.74) is 6.35. The van der Waals surface area contributed by atoms with Crippen LogP contribution in [0.5, 0.6) is 5.88 Å². The molecule has 0 spiro atoms. The Balaban J connectivity index is 1.49. The first-order valence-corrected chi connectivity index (χ1v) is 17.5. The number of amides is 1. The summed E-state index contributed by atoms with van der Waals surface area (Å²) in [6.45, 7) is 14.7. The van der Waals surface area contributed by atoms with Gasteiger partial charge in [-0.2, -0.15) is 4.98 Å². The lowest BCUT2D eigenvalue weighted by atomic mass is 9.87. The van der Waals surface area contributed by atoms with E-state index in [0.717, 1.165) is 27.9 Å². The first-order chi connectivity index (χ1) is 22.7. The minimum atomic E-state index is -4.18. The van der Waals surface area contributed by atoms with E-state index in [1.165, 1.54) is 12.1 Å². The molecule has 11 nitrogen and oxygen atoms in total. The van der Waals surface area contributed by atoms with Gasteiger partial charge in [-0.3, -0.25) is 9.78 Å². The van der Waals surface area contributed by atoms with Crippen LogP contribution in [0.4, 0.5) is 5.95 Å². The van der Waals surface area contributed by atoms with Crippen LogP contribution >= 0.6 is 0 Å². The topological polar surface area (TPSA) is 143 Å². The number of sulfonamides is 1. The second kappa shape index (κ2) is 12.6. The molecule has 1 amide bonds. The van der Waals surface area contributed by atoms with Crippen LogP contribution in [0, 0.1) is 19.3 Å². The number of carbonyl (C=O) groups is 1. The lowest BCUT2D eigenvalue weighted by molar-refractivity contribution is 0.0509. The molecule has 0 saturated carbocycles. The van der Waals surface area contributed by atoms with Crippen molar-refractivity contribution in [2.45, 2.75) is 78.3 Å². The van der Waals surface area contributed by atoms with Gasteiger partial charge < -0.3 is 14.6 Å². The lowest BCUT2D eigenvalue weighted by Crippen LogP contribution is -2.45. The number of nitrogens with zero attached hydrogens (tertiary/aromatic N) is 5. The van der Waals surface area contributed by atoms with E-state index in [2.05, 4.69) is 59.3 Å². The van der Waals surface area contributed by atoms with Gasteiger partial charge in [0.15, 0.2) is 5.65 Å². The number of H-pyrrole nitrogens is 1. The number of carbonyl (C=O) groups excluding carboxylic acids is 1. The third-order valence-electron chi connectivity index (χ3n) is 8.39. The molecule has 1 aliphatic heterocycles. The van der Waals surface area contributed by atoms with E-state index in [9.17, 15) is 13.2 Å². The van der Waals surface area contributed by atoms with Gasteiger partial charge in [0.2, 0.25) is 11.8 Å². The summed E-state index contributed by atoms with van der Waals surface area (Å²) in [6.07, 6.45) is 2.26.